The Balaban J connectivity index is 1.70. The van der Waals surface area contributed by atoms with E-state index in [-0.39, 0.29) is 40.5 Å². The van der Waals surface area contributed by atoms with E-state index in [4.69, 9.17) is 16.8 Å². The van der Waals surface area contributed by atoms with Crippen molar-refractivity contribution in [1.82, 2.24) is 30.4 Å². The fraction of sp³-hybridized carbons (Fsp3) is 0.414. The highest BCUT2D eigenvalue weighted by Gasteiger charge is 2.28. The molecule has 0 saturated heterocycles. The number of sulfonamides is 1. The van der Waals surface area contributed by atoms with E-state index in [1.165, 1.54) is 28.9 Å². The second-order valence-corrected chi connectivity index (χ2v) is 13.7. The molecule has 0 aliphatic carbocycles. The summed E-state index contributed by atoms with van der Waals surface area (Å²) in [5.41, 5.74) is 2.29. The number of aromatic nitrogens is 2. The van der Waals surface area contributed by atoms with E-state index in [2.05, 4.69) is 15.6 Å². The zero-order valence-corrected chi connectivity index (χ0v) is 27.5. The highest BCUT2D eigenvalue weighted by atomic mass is 35.5. The summed E-state index contributed by atoms with van der Waals surface area (Å²) in [6, 6.07) is 9.53. The molecule has 0 spiro atoms. The Hall–Kier alpha value is -3.79. The maximum Gasteiger partial charge on any atom is 0.271 e. The maximum atomic E-state index is 13.1. The van der Waals surface area contributed by atoms with Crippen molar-refractivity contribution < 1.29 is 32.8 Å². The van der Waals surface area contributed by atoms with E-state index in [0.29, 0.717) is 24.4 Å². The summed E-state index contributed by atoms with van der Waals surface area (Å²) in [5.74, 6) is -3.87. The van der Waals surface area contributed by atoms with Crippen LogP contribution in [0, 0.1) is 11.8 Å². The Bertz CT molecular complexity index is 1590. The number of amides is 4. The van der Waals surface area contributed by atoms with Crippen LogP contribution in [-0.4, -0.2) is 53.3 Å². The first-order valence-corrected chi connectivity index (χ1v) is 17.0. The highest BCUT2D eigenvalue weighted by molar-refractivity contribution is 7.90. The first-order valence-electron chi connectivity index (χ1n) is 14.3. The second kappa shape index (κ2) is 16.5. The standard InChI is InChI=1S/C29H37ClN6O7S2/c1-4-5-8-23-33-26(30)25(29(40)31-15-20-7-6-13-44-20)36(23)17-19-9-11-21(12-10-19)45(42,43)35-24(37)16-32-27(38)22(14-18(2)3)28(39)34-41/h6-7,9-13,18,22,41H,4-5,8,14-17H2,1-3H3,(H,31,40)(H,32,38)(H,34,39)(H,35,37). The molecule has 0 saturated carbocycles. The van der Waals surface area contributed by atoms with Crippen molar-refractivity contribution in [3.63, 3.8) is 0 Å². The van der Waals surface area contributed by atoms with Crippen molar-refractivity contribution in [3.8, 4) is 0 Å². The first kappa shape index (κ1) is 35.7. The number of carbonyl (C=O) groups excluding carboxylic acids is 4. The number of hydroxylamine groups is 1. The lowest BCUT2D eigenvalue weighted by atomic mass is 9.95. The molecular weight excluding hydrogens is 644 g/mol. The summed E-state index contributed by atoms with van der Waals surface area (Å²) in [7, 11) is -4.30. The topological polar surface area (TPSA) is 189 Å². The van der Waals surface area contributed by atoms with Crippen LogP contribution in [0.15, 0.2) is 46.7 Å². The van der Waals surface area contributed by atoms with Gasteiger partial charge in [-0.1, -0.05) is 57.0 Å². The zero-order valence-electron chi connectivity index (χ0n) is 25.1. The van der Waals surface area contributed by atoms with Gasteiger partial charge < -0.3 is 15.2 Å². The van der Waals surface area contributed by atoms with Crippen molar-refractivity contribution in [2.75, 3.05) is 6.54 Å². The molecule has 1 aromatic carbocycles. The van der Waals surface area contributed by atoms with Crippen LogP contribution in [0.4, 0.5) is 0 Å². The van der Waals surface area contributed by atoms with Gasteiger partial charge >= 0.3 is 0 Å². The number of imidazole rings is 1. The molecule has 0 aliphatic rings. The Labute approximate surface area is 270 Å². The maximum absolute atomic E-state index is 13.1. The molecule has 5 N–H and O–H groups in total. The summed E-state index contributed by atoms with van der Waals surface area (Å²) >= 11 is 7.94. The van der Waals surface area contributed by atoms with E-state index < -0.39 is 40.2 Å². The number of nitrogens with one attached hydrogen (secondary N) is 4. The van der Waals surface area contributed by atoms with Gasteiger partial charge in [0, 0.05) is 17.8 Å². The van der Waals surface area contributed by atoms with Crippen molar-refractivity contribution in [2.45, 2.75) is 64.4 Å². The van der Waals surface area contributed by atoms with Gasteiger partial charge in [-0.05, 0) is 47.9 Å². The van der Waals surface area contributed by atoms with Gasteiger partial charge in [-0.25, -0.2) is 23.6 Å². The van der Waals surface area contributed by atoms with Crippen LogP contribution in [-0.2, 0) is 43.9 Å². The van der Waals surface area contributed by atoms with Crippen LogP contribution in [0.3, 0.4) is 0 Å². The molecule has 3 rings (SSSR count). The molecule has 2 aromatic heterocycles. The van der Waals surface area contributed by atoms with Gasteiger partial charge in [0.15, 0.2) is 5.15 Å². The minimum Gasteiger partial charge on any atom is -0.346 e. The Morgan fingerprint density at radius 1 is 1.07 bits per heavy atom. The van der Waals surface area contributed by atoms with Crippen LogP contribution in [0.1, 0.15) is 66.8 Å². The normalized spacial score (nSPS) is 12.0. The molecule has 16 heteroatoms. The third kappa shape index (κ3) is 10.1. The third-order valence-electron chi connectivity index (χ3n) is 6.67. The fourth-order valence-electron chi connectivity index (χ4n) is 4.42. The van der Waals surface area contributed by atoms with E-state index >= 15 is 0 Å². The molecule has 0 aliphatic heterocycles. The Morgan fingerprint density at radius 3 is 2.38 bits per heavy atom. The van der Waals surface area contributed by atoms with E-state index in [1.54, 1.807) is 30.5 Å². The van der Waals surface area contributed by atoms with Crippen LogP contribution in [0.2, 0.25) is 5.15 Å². The predicted molar refractivity (Wildman–Crippen MR) is 168 cm³/mol. The van der Waals surface area contributed by atoms with Gasteiger partial charge in [0.25, 0.3) is 27.7 Å². The highest BCUT2D eigenvalue weighted by Crippen LogP contribution is 2.22. The van der Waals surface area contributed by atoms with Gasteiger partial charge in [-0.2, -0.15) is 0 Å². The molecule has 13 nitrogen and oxygen atoms in total. The van der Waals surface area contributed by atoms with Crippen molar-refractivity contribution in [3.05, 3.63) is 68.9 Å². The average molecular weight is 681 g/mol. The summed E-state index contributed by atoms with van der Waals surface area (Å²) in [6.07, 6.45) is 2.43. The molecule has 1 atom stereocenters. The third-order valence-corrected chi connectivity index (χ3v) is 9.20. The molecular formula is C29H37ClN6O7S2. The number of unbranched alkanes of at least 4 members (excludes halogenated alkanes) is 1. The zero-order chi connectivity index (χ0) is 33.1. The smallest absolute Gasteiger partial charge is 0.271 e. The Kier molecular flexibility index (Phi) is 13.1. The molecule has 3 aromatic rings. The first-order chi connectivity index (χ1) is 21.4. The van der Waals surface area contributed by atoms with Crippen LogP contribution in [0.5, 0.6) is 0 Å². The number of hydrogen-bond donors (Lipinski definition) is 5. The number of halogens is 1. The molecule has 0 fully saturated rings. The fourth-order valence-corrected chi connectivity index (χ4v) is 6.33. The van der Waals surface area contributed by atoms with Gasteiger partial charge in [-0.15, -0.1) is 11.3 Å². The number of rotatable bonds is 16. The average Bonchev–Trinajstić information content (AvgIpc) is 3.63. The molecule has 2 heterocycles. The van der Waals surface area contributed by atoms with E-state index in [9.17, 15) is 27.6 Å². The lowest BCUT2D eigenvalue weighted by Crippen LogP contribution is -2.45. The number of thiophene rings is 1. The molecule has 0 radical (unpaired) electrons. The summed E-state index contributed by atoms with van der Waals surface area (Å²) in [5, 5.41) is 16.0. The van der Waals surface area contributed by atoms with Gasteiger partial charge in [0.2, 0.25) is 5.91 Å². The van der Waals surface area contributed by atoms with Gasteiger partial charge in [0.05, 0.1) is 18.0 Å². The SMILES string of the molecule is CCCCc1nc(Cl)c(C(=O)NCc2cccs2)n1Cc1ccc(S(=O)(=O)NC(=O)CNC(=O)C(CC(C)C)C(=O)NO)cc1. The van der Waals surface area contributed by atoms with E-state index in [0.717, 1.165) is 17.7 Å². The monoisotopic (exact) mass is 680 g/mol. The minimum absolute atomic E-state index is 0.0657. The van der Waals surface area contributed by atoms with Crippen LogP contribution < -0.4 is 20.8 Å². The van der Waals surface area contributed by atoms with Gasteiger partial charge in [-0.3, -0.25) is 24.4 Å². The quantitative estimate of drug-likeness (QED) is 0.0867. The molecule has 45 heavy (non-hydrogen) atoms. The number of carbonyl (C=O) groups is 4. The number of hydrogen-bond acceptors (Lipinski definition) is 9. The van der Waals surface area contributed by atoms with Crippen LogP contribution in [0.25, 0.3) is 0 Å². The van der Waals surface area contributed by atoms with E-state index in [1.807, 2.05) is 29.2 Å². The van der Waals surface area contributed by atoms with Crippen molar-refractivity contribution >= 4 is 56.6 Å². The number of benzene rings is 1. The van der Waals surface area contributed by atoms with Crippen molar-refractivity contribution in [2.24, 2.45) is 11.8 Å². The predicted octanol–water partition coefficient (Wildman–Crippen LogP) is 3.01. The lowest BCUT2D eigenvalue weighted by Gasteiger charge is -2.16. The lowest BCUT2D eigenvalue weighted by molar-refractivity contribution is -0.142. The largest absolute Gasteiger partial charge is 0.346 e. The molecule has 244 valence electrons. The number of aryl methyl sites for hydroxylation is 1. The Morgan fingerprint density at radius 2 is 1.78 bits per heavy atom. The number of nitrogens with zero attached hydrogens (tertiary/aromatic N) is 2. The summed E-state index contributed by atoms with van der Waals surface area (Å²) < 4.78 is 29.3. The molecule has 1 unspecified atom stereocenters. The van der Waals surface area contributed by atoms with Crippen LogP contribution >= 0.6 is 22.9 Å². The molecule has 0 bridgehead atoms. The van der Waals surface area contributed by atoms with Crippen molar-refractivity contribution in [1.29, 1.82) is 0 Å². The molecule has 4 amide bonds. The second-order valence-electron chi connectivity index (χ2n) is 10.7. The summed E-state index contributed by atoms with van der Waals surface area (Å²) in [4.78, 5) is 55.0. The van der Waals surface area contributed by atoms with Gasteiger partial charge in [0.1, 0.15) is 17.4 Å². The summed E-state index contributed by atoms with van der Waals surface area (Å²) in [6.45, 7) is 5.40. The minimum atomic E-state index is -4.30.